The summed E-state index contributed by atoms with van der Waals surface area (Å²) in [4.78, 5) is 0. The van der Waals surface area contributed by atoms with Gasteiger partial charge in [-0.3, -0.25) is 0 Å². The van der Waals surface area contributed by atoms with Crippen molar-refractivity contribution in [3.05, 3.63) is 0 Å². The summed E-state index contributed by atoms with van der Waals surface area (Å²) in [5.74, 6) is 0. The predicted octanol–water partition coefficient (Wildman–Crippen LogP) is 3.54. The molecule has 3 heteroatoms. The normalized spacial score (nSPS) is 4.29. The molecule has 50 valence electrons. The van der Waals surface area contributed by atoms with E-state index in [1.807, 2.05) is 0 Å². The van der Waals surface area contributed by atoms with Crippen LogP contribution < -0.4 is 0 Å². The highest BCUT2D eigenvalue weighted by Crippen LogP contribution is 1.76. The van der Waals surface area contributed by atoms with Gasteiger partial charge in [0.1, 0.15) is 0 Å². The van der Waals surface area contributed by atoms with Gasteiger partial charge in [0, 0.05) is 0 Å². The summed E-state index contributed by atoms with van der Waals surface area (Å²) in [5, 5.41) is 0. The molecule has 0 aliphatic rings. The van der Waals surface area contributed by atoms with Crippen LogP contribution >= 0.6 is 50.9 Å². The maximum atomic E-state index is 2.18. The average molecular weight is 301 g/mol. The van der Waals surface area contributed by atoms with Gasteiger partial charge < -0.3 is 0 Å². The molecule has 0 aliphatic carbocycles. The van der Waals surface area contributed by atoms with Crippen LogP contribution in [0.2, 0.25) is 0 Å². The van der Waals surface area contributed by atoms with Crippen LogP contribution in [0.15, 0.2) is 0 Å². The van der Waals surface area contributed by atoms with E-state index in [-0.39, 0.29) is 50.9 Å². The number of hydrogen-bond donors (Lipinski definition) is 0. The first-order chi connectivity index (χ1) is 1.91. The minimum atomic E-state index is 0. The monoisotopic (exact) mass is 298 g/mol. The second-order valence-electron chi connectivity index (χ2n) is 1.000. The van der Waals surface area contributed by atoms with E-state index in [0.717, 1.165) is 0 Å². The SMILES string of the molecule is Br.Br.Br.CCCC. The molecule has 0 aliphatic heterocycles. The molecule has 0 aromatic rings. The summed E-state index contributed by atoms with van der Waals surface area (Å²) < 4.78 is 0. The lowest BCUT2D eigenvalue weighted by Gasteiger charge is -1.68. The molecule has 0 fully saturated rings. The number of hydrogen-bond acceptors (Lipinski definition) is 0. The highest BCUT2D eigenvalue weighted by atomic mass is 79.9. The lowest BCUT2D eigenvalue weighted by atomic mass is 10.4. The number of rotatable bonds is 1. The van der Waals surface area contributed by atoms with Crippen LogP contribution in [0, 0.1) is 0 Å². The number of unbranched alkanes of at least 4 members (excludes halogenated alkanes) is 1. The van der Waals surface area contributed by atoms with Crippen molar-refractivity contribution in [3.63, 3.8) is 0 Å². The molecule has 0 saturated carbocycles. The first-order valence-electron chi connectivity index (χ1n) is 1.91. The molecule has 0 unspecified atom stereocenters. The van der Waals surface area contributed by atoms with Crippen molar-refractivity contribution < 1.29 is 0 Å². The van der Waals surface area contributed by atoms with Crippen molar-refractivity contribution in [2.75, 3.05) is 0 Å². The fraction of sp³-hybridized carbons (Fsp3) is 1.00. The second-order valence-corrected chi connectivity index (χ2v) is 1.000. The van der Waals surface area contributed by atoms with Crippen LogP contribution in [-0.2, 0) is 0 Å². The van der Waals surface area contributed by atoms with Crippen molar-refractivity contribution in [2.45, 2.75) is 26.7 Å². The van der Waals surface area contributed by atoms with Gasteiger partial charge in [-0.2, -0.15) is 0 Å². The van der Waals surface area contributed by atoms with Crippen molar-refractivity contribution in [1.82, 2.24) is 0 Å². The minimum absolute atomic E-state index is 0. The van der Waals surface area contributed by atoms with E-state index in [1.165, 1.54) is 12.8 Å². The molecule has 0 atom stereocenters. The Balaban J connectivity index is -0.0000000150. The Bertz CT molecular complexity index is 8.90. The van der Waals surface area contributed by atoms with Crippen LogP contribution in [-0.4, -0.2) is 0 Å². The Morgan fingerprint density at radius 2 is 0.857 bits per heavy atom. The first kappa shape index (κ1) is 23.7. The Morgan fingerprint density at radius 3 is 0.857 bits per heavy atom. The average Bonchev–Trinajstić information content (AvgIpc) is 1.37. The minimum Gasteiger partial charge on any atom is -0.114 e. The van der Waals surface area contributed by atoms with E-state index in [9.17, 15) is 0 Å². The van der Waals surface area contributed by atoms with Gasteiger partial charge in [-0.15, -0.1) is 50.9 Å². The summed E-state index contributed by atoms with van der Waals surface area (Å²) in [6.07, 6.45) is 2.64. The fourth-order valence-electron chi connectivity index (χ4n) is 0. The highest BCUT2D eigenvalue weighted by Gasteiger charge is 1.56. The van der Waals surface area contributed by atoms with E-state index < -0.39 is 0 Å². The van der Waals surface area contributed by atoms with Crippen LogP contribution in [0.4, 0.5) is 0 Å². The van der Waals surface area contributed by atoms with Crippen LogP contribution in [0.5, 0.6) is 0 Å². The third kappa shape index (κ3) is 37.0. The highest BCUT2D eigenvalue weighted by molar-refractivity contribution is 8.93. The van der Waals surface area contributed by atoms with Gasteiger partial charge in [0.2, 0.25) is 0 Å². The molecule has 0 rings (SSSR count). The van der Waals surface area contributed by atoms with Gasteiger partial charge in [-0.05, 0) is 0 Å². The first-order valence-corrected chi connectivity index (χ1v) is 1.91. The summed E-state index contributed by atoms with van der Waals surface area (Å²) in [6, 6.07) is 0. The Morgan fingerprint density at radius 1 is 0.714 bits per heavy atom. The van der Waals surface area contributed by atoms with E-state index in [4.69, 9.17) is 0 Å². The standard InChI is InChI=1S/C4H10.3BrH/c1-3-4-2;;;/h3-4H2,1-2H3;3*1H. The summed E-state index contributed by atoms with van der Waals surface area (Å²) >= 11 is 0. The lowest BCUT2D eigenvalue weighted by Crippen LogP contribution is -1.47. The molecule has 0 spiro atoms. The van der Waals surface area contributed by atoms with Gasteiger partial charge in [-0.1, -0.05) is 26.7 Å². The molecule has 0 aromatic carbocycles. The molecule has 0 radical (unpaired) electrons. The van der Waals surface area contributed by atoms with Crippen molar-refractivity contribution >= 4 is 50.9 Å². The maximum absolute atomic E-state index is 2.18. The molecule has 0 aromatic heterocycles. The Labute approximate surface area is 77.4 Å². The van der Waals surface area contributed by atoms with Crippen molar-refractivity contribution in [3.8, 4) is 0 Å². The third-order valence-electron chi connectivity index (χ3n) is 0.500. The second kappa shape index (κ2) is 26.1. The summed E-state index contributed by atoms with van der Waals surface area (Å²) in [6.45, 7) is 4.36. The van der Waals surface area contributed by atoms with E-state index in [1.54, 1.807) is 0 Å². The lowest BCUT2D eigenvalue weighted by molar-refractivity contribution is 0.886. The van der Waals surface area contributed by atoms with Gasteiger partial charge in [0.05, 0.1) is 0 Å². The zero-order valence-corrected chi connectivity index (χ0v) is 9.78. The van der Waals surface area contributed by atoms with Crippen molar-refractivity contribution in [1.29, 1.82) is 0 Å². The van der Waals surface area contributed by atoms with Crippen LogP contribution in [0.1, 0.15) is 26.7 Å². The summed E-state index contributed by atoms with van der Waals surface area (Å²) in [7, 11) is 0. The molecule has 0 saturated heterocycles. The van der Waals surface area contributed by atoms with Crippen LogP contribution in [0.3, 0.4) is 0 Å². The predicted molar refractivity (Wildman–Crippen MR) is 51.5 cm³/mol. The molecular weight excluding hydrogens is 288 g/mol. The summed E-state index contributed by atoms with van der Waals surface area (Å²) in [5.41, 5.74) is 0. The molecule has 0 heterocycles. The number of halogens is 3. The smallest absolute Gasteiger partial charge is 0.0564 e. The largest absolute Gasteiger partial charge is 0.114 e. The molecule has 0 bridgehead atoms. The van der Waals surface area contributed by atoms with Crippen LogP contribution in [0.25, 0.3) is 0 Å². The van der Waals surface area contributed by atoms with Gasteiger partial charge in [0.25, 0.3) is 0 Å². The van der Waals surface area contributed by atoms with Crippen molar-refractivity contribution in [2.24, 2.45) is 0 Å². The topological polar surface area (TPSA) is 0 Å². The fourth-order valence-corrected chi connectivity index (χ4v) is 0. The molecule has 7 heavy (non-hydrogen) atoms. The molecule has 0 nitrogen and oxygen atoms in total. The molecule has 0 N–H and O–H groups in total. The molecular formula is C4H13Br3. The van der Waals surface area contributed by atoms with Gasteiger partial charge in [-0.25, -0.2) is 0 Å². The quantitative estimate of drug-likeness (QED) is 0.695. The van der Waals surface area contributed by atoms with Gasteiger partial charge >= 0.3 is 0 Å². The molecule has 0 amide bonds. The Kier molecular flexibility index (Phi) is 88.3. The Hall–Kier alpha value is 1.44. The van der Waals surface area contributed by atoms with Gasteiger partial charge in [0.15, 0.2) is 0 Å². The van der Waals surface area contributed by atoms with E-state index in [2.05, 4.69) is 13.8 Å². The third-order valence-corrected chi connectivity index (χ3v) is 0.500. The zero-order valence-electron chi connectivity index (χ0n) is 4.64. The zero-order chi connectivity index (χ0) is 3.41. The maximum Gasteiger partial charge on any atom is -0.0564 e. The van der Waals surface area contributed by atoms with E-state index in [0.29, 0.717) is 0 Å². The van der Waals surface area contributed by atoms with E-state index >= 15 is 0 Å².